The Labute approximate surface area is 190 Å². The van der Waals surface area contributed by atoms with E-state index in [-0.39, 0.29) is 36.1 Å². The van der Waals surface area contributed by atoms with E-state index in [0.717, 1.165) is 23.0 Å². The lowest BCUT2D eigenvalue weighted by Gasteiger charge is -2.25. The van der Waals surface area contributed by atoms with E-state index in [4.69, 9.17) is 9.47 Å². The van der Waals surface area contributed by atoms with Crippen molar-refractivity contribution in [3.63, 3.8) is 0 Å². The summed E-state index contributed by atoms with van der Waals surface area (Å²) in [6.45, 7) is 3.32. The molecule has 1 heterocycles. The first-order valence-electron chi connectivity index (χ1n) is 9.33. The molecule has 29 heavy (non-hydrogen) atoms. The van der Waals surface area contributed by atoms with Crippen LogP contribution in [-0.4, -0.2) is 68.1 Å². The minimum Gasteiger partial charge on any atom is -0.493 e. The lowest BCUT2D eigenvalue weighted by atomic mass is 10.1. The Morgan fingerprint density at radius 2 is 1.86 bits per heavy atom. The van der Waals surface area contributed by atoms with Crippen molar-refractivity contribution in [3.8, 4) is 11.5 Å². The number of ether oxygens (including phenoxy) is 2. The van der Waals surface area contributed by atoms with Gasteiger partial charge in [-0.05, 0) is 33.2 Å². The highest BCUT2D eigenvalue weighted by molar-refractivity contribution is 14.0. The summed E-state index contributed by atoms with van der Waals surface area (Å²) in [5.41, 5.74) is 1.16. The molecule has 1 aromatic heterocycles. The van der Waals surface area contributed by atoms with Gasteiger partial charge in [0.15, 0.2) is 17.5 Å². The number of guanidine groups is 1. The fraction of sp³-hybridized carbons (Fsp3) is 0.500. The number of aryl methyl sites for hydroxylation is 1. The van der Waals surface area contributed by atoms with Gasteiger partial charge in [-0.1, -0.05) is 12.1 Å². The molecule has 0 aliphatic carbocycles. The van der Waals surface area contributed by atoms with E-state index in [0.29, 0.717) is 13.1 Å². The van der Waals surface area contributed by atoms with Crippen LogP contribution in [0, 0.1) is 0 Å². The van der Waals surface area contributed by atoms with Crippen LogP contribution < -0.4 is 20.1 Å². The Balaban J connectivity index is 0.00000420. The molecule has 8 nitrogen and oxygen atoms in total. The second-order valence-electron chi connectivity index (χ2n) is 6.84. The number of halogens is 1. The van der Waals surface area contributed by atoms with E-state index in [2.05, 4.69) is 39.7 Å². The predicted molar refractivity (Wildman–Crippen MR) is 127 cm³/mol. The maximum absolute atomic E-state index is 5.98. The van der Waals surface area contributed by atoms with E-state index in [1.54, 1.807) is 14.2 Å². The molecule has 0 radical (unpaired) electrons. The number of aromatic nitrogens is 2. The number of nitrogens with zero attached hydrogens (tertiary/aromatic N) is 4. The highest BCUT2D eigenvalue weighted by atomic mass is 127. The predicted octanol–water partition coefficient (Wildman–Crippen LogP) is 2.28. The standard InChI is InChI=1S/C20H32N6O2.HI/c1-15(28-19-10-8-7-9-18(19)27-6)11-22-20(21-2)23-13-17(25(3)4)16-12-24-26(5)14-16;/h7-10,12,14-15,17H,11,13H2,1-6H3,(H2,21,22,23);1H. The molecule has 0 aliphatic rings. The molecule has 162 valence electrons. The number of rotatable bonds is 9. The van der Waals surface area contributed by atoms with Crippen molar-refractivity contribution in [1.29, 1.82) is 0 Å². The van der Waals surface area contributed by atoms with Crippen LogP contribution in [0.3, 0.4) is 0 Å². The molecule has 0 amide bonds. The van der Waals surface area contributed by atoms with Gasteiger partial charge in [-0.15, -0.1) is 24.0 Å². The van der Waals surface area contributed by atoms with E-state index in [1.807, 2.05) is 55.3 Å². The van der Waals surface area contributed by atoms with Crippen molar-refractivity contribution in [2.45, 2.75) is 19.1 Å². The molecule has 9 heteroatoms. The number of likely N-dealkylation sites (N-methyl/N-ethyl adjacent to an activating group) is 1. The lowest BCUT2D eigenvalue weighted by Crippen LogP contribution is -2.44. The Kier molecular flexibility index (Phi) is 10.8. The van der Waals surface area contributed by atoms with Gasteiger partial charge in [0.25, 0.3) is 0 Å². The summed E-state index contributed by atoms with van der Waals surface area (Å²) in [6.07, 6.45) is 3.87. The van der Waals surface area contributed by atoms with Crippen LogP contribution in [0.5, 0.6) is 11.5 Å². The highest BCUT2D eigenvalue weighted by Crippen LogP contribution is 2.26. The quantitative estimate of drug-likeness (QED) is 0.303. The zero-order valence-electron chi connectivity index (χ0n) is 18.0. The van der Waals surface area contributed by atoms with Gasteiger partial charge >= 0.3 is 0 Å². The molecule has 2 rings (SSSR count). The van der Waals surface area contributed by atoms with Crippen molar-refractivity contribution in [1.82, 2.24) is 25.3 Å². The van der Waals surface area contributed by atoms with E-state index >= 15 is 0 Å². The lowest BCUT2D eigenvalue weighted by molar-refractivity contribution is 0.213. The fourth-order valence-corrected chi connectivity index (χ4v) is 2.84. The summed E-state index contributed by atoms with van der Waals surface area (Å²) < 4.78 is 13.1. The molecule has 1 aromatic carbocycles. The number of nitrogens with one attached hydrogen (secondary N) is 2. The summed E-state index contributed by atoms with van der Waals surface area (Å²) in [7, 11) is 9.43. The first-order chi connectivity index (χ1) is 13.4. The third-order valence-electron chi connectivity index (χ3n) is 4.37. The summed E-state index contributed by atoms with van der Waals surface area (Å²) in [5.74, 6) is 2.18. The van der Waals surface area contributed by atoms with Gasteiger partial charge in [0.05, 0.1) is 25.9 Å². The van der Waals surface area contributed by atoms with Gasteiger partial charge in [-0.25, -0.2) is 0 Å². The van der Waals surface area contributed by atoms with Gasteiger partial charge in [0, 0.05) is 32.4 Å². The SMILES string of the molecule is CN=C(NCC(C)Oc1ccccc1OC)NCC(c1cnn(C)c1)N(C)C.I. The first-order valence-corrected chi connectivity index (χ1v) is 9.33. The van der Waals surface area contributed by atoms with Gasteiger partial charge in [-0.3, -0.25) is 9.67 Å². The van der Waals surface area contributed by atoms with E-state index in [1.165, 1.54) is 0 Å². The monoisotopic (exact) mass is 516 g/mol. The number of hydrogen-bond donors (Lipinski definition) is 2. The normalized spacial score (nSPS) is 13.4. The fourth-order valence-electron chi connectivity index (χ4n) is 2.84. The molecule has 0 fully saturated rings. The Bertz CT molecular complexity index is 765. The molecule has 0 aliphatic heterocycles. The molecule has 0 saturated heterocycles. The van der Waals surface area contributed by atoms with Gasteiger partial charge < -0.3 is 25.0 Å². The maximum atomic E-state index is 5.98. The Morgan fingerprint density at radius 3 is 2.41 bits per heavy atom. The van der Waals surface area contributed by atoms with Crippen LogP contribution in [0.1, 0.15) is 18.5 Å². The average Bonchev–Trinajstić information content (AvgIpc) is 3.10. The second-order valence-corrected chi connectivity index (χ2v) is 6.84. The smallest absolute Gasteiger partial charge is 0.191 e. The number of aliphatic imine (C=N–C) groups is 1. The maximum Gasteiger partial charge on any atom is 0.191 e. The van der Waals surface area contributed by atoms with Crippen LogP contribution in [-0.2, 0) is 7.05 Å². The van der Waals surface area contributed by atoms with E-state index < -0.39 is 0 Å². The van der Waals surface area contributed by atoms with Crippen LogP contribution in [0.15, 0.2) is 41.7 Å². The second kappa shape index (κ2) is 12.5. The van der Waals surface area contributed by atoms with Gasteiger partial charge in [0.2, 0.25) is 0 Å². The molecule has 2 atom stereocenters. The van der Waals surface area contributed by atoms with Crippen LogP contribution >= 0.6 is 24.0 Å². The Hall–Kier alpha value is -2.01. The molecule has 0 bridgehead atoms. The summed E-state index contributed by atoms with van der Waals surface area (Å²) >= 11 is 0. The zero-order valence-corrected chi connectivity index (χ0v) is 20.4. The van der Waals surface area contributed by atoms with Crippen molar-refractivity contribution >= 4 is 29.9 Å². The number of benzene rings is 1. The minimum atomic E-state index is -0.0576. The largest absolute Gasteiger partial charge is 0.493 e. The molecule has 0 saturated carbocycles. The van der Waals surface area contributed by atoms with Crippen molar-refractivity contribution in [2.24, 2.45) is 12.0 Å². The van der Waals surface area contributed by atoms with Gasteiger partial charge in [0.1, 0.15) is 6.10 Å². The molecule has 2 aromatic rings. The number of hydrogen-bond acceptors (Lipinski definition) is 5. The number of para-hydroxylation sites is 2. The molecular formula is C20H33IN6O2. The van der Waals surface area contributed by atoms with E-state index in [9.17, 15) is 0 Å². The molecule has 2 unspecified atom stereocenters. The summed E-state index contributed by atoms with van der Waals surface area (Å²) in [5, 5.41) is 11.0. The minimum absolute atomic E-state index is 0. The number of methoxy groups -OCH3 is 1. The molecule has 2 N–H and O–H groups in total. The zero-order chi connectivity index (χ0) is 20.5. The third kappa shape index (κ3) is 7.73. The van der Waals surface area contributed by atoms with Crippen LogP contribution in [0.2, 0.25) is 0 Å². The summed E-state index contributed by atoms with van der Waals surface area (Å²) in [4.78, 5) is 6.46. The summed E-state index contributed by atoms with van der Waals surface area (Å²) in [6, 6.07) is 7.82. The third-order valence-corrected chi connectivity index (χ3v) is 4.37. The molecule has 0 spiro atoms. The molecular weight excluding hydrogens is 483 g/mol. The van der Waals surface area contributed by atoms with Crippen LogP contribution in [0.25, 0.3) is 0 Å². The van der Waals surface area contributed by atoms with Crippen molar-refractivity contribution < 1.29 is 9.47 Å². The van der Waals surface area contributed by atoms with Crippen molar-refractivity contribution in [3.05, 3.63) is 42.2 Å². The van der Waals surface area contributed by atoms with Gasteiger partial charge in [-0.2, -0.15) is 5.10 Å². The van der Waals surface area contributed by atoms with Crippen LogP contribution in [0.4, 0.5) is 0 Å². The first kappa shape index (κ1) is 25.0. The Morgan fingerprint density at radius 1 is 1.21 bits per heavy atom. The highest BCUT2D eigenvalue weighted by Gasteiger charge is 2.16. The topological polar surface area (TPSA) is 75.9 Å². The average molecular weight is 516 g/mol. The van der Waals surface area contributed by atoms with Crippen molar-refractivity contribution in [2.75, 3.05) is 41.3 Å².